The molecule has 0 saturated carbocycles. The standard InChI is InChI=1S/3C5H8O2.Sc/c3*1-4(6)3-5(2)7;/h3*3,6H,1-2H3;/q;;;+3/p-3/b3*4-3-;. The summed E-state index contributed by atoms with van der Waals surface area (Å²) in [5.74, 6) is -1.12. The zero-order valence-electron chi connectivity index (χ0n) is 13.8. The largest absolute Gasteiger partial charge is 3.00 e. The molecular formula is C15H21O6Sc. The van der Waals surface area contributed by atoms with Crippen molar-refractivity contribution in [2.24, 2.45) is 0 Å². The molecular weight excluding hydrogens is 321 g/mol. The van der Waals surface area contributed by atoms with E-state index in [0.717, 1.165) is 18.2 Å². The maximum atomic E-state index is 9.98. The van der Waals surface area contributed by atoms with Gasteiger partial charge in [-0.25, -0.2) is 0 Å². The quantitative estimate of drug-likeness (QED) is 0.504. The Hall–Kier alpha value is -1.50. The van der Waals surface area contributed by atoms with Crippen LogP contribution in [0.4, 0.5) is 0 Å². The summed E-state index contributed by atoms with van der Waals surface area (Å²) in [5, 5.41) is 29.9. The predicted octanol–water partition coefficient (Wildman–Crippen LogP) is -0.484. The van der Waals surface area contributed by atoms with Crippen LogP contribution in [0.5, 0.6) is 0 Å². The van der Waals surface area contributed by atoms with Crippen LogP contribution >= 0.6 is 0 Å². The molecule has 0 N–H and O–H groups in total. The molecule has 0 radical (unpaired) electrons. The summed E-state index contributed by atoms with van der Waals surface area (Å²) < 4.78 is 0. The van der Waals surface area contributed by atoms with Gasteiger partial charge in [0.1, 0.15) is 0 Å². The first kappa shape index (κ1) is 28.6. The fraction of sp³-hybridized carbons (Fsp3) is 0.400. The van der Waals surface area contributed by atoms with E-state index in [1.807, 2.05) is 0 Å². The molecule has 0 atom stereocenters. The third kappa shape index (κ3) is 51.4. The molecule has 7 heteroatoms. The van der Waals surface area contributed by atoms with Crippen molar-refractivity contribution in [3.8, 4) is 0 Å². The Labute approximate surface area is 150 Å². The second-order valence-corrected chi connectivity index (χ2v) is 4.10. The van der Waals surface area contributed by atoms with Crippen molar-refractivity contribution in [3.05, 3.63) is 35.5 Å². The summed E-state index contributed by atoms with van der Waals surface area (Å²) in [6, 6.07) is 0. The van der Waals surface area contributed by atoms with Gasteiger partial charge in [0.15, 0.2) is 17.3 Å². The summed E-state index contributed by atoms with van der Waals surface area (Å²) in [6.07, 6.45) is 3.17. The predicted molar refractivity (Wildman–Crippen MR) is 73.3 cm³/mol. The molecule has 0 amide bonds. The van der Waals surface area contributed by atoms with Gasteiger partial charge in [-0.1, -0.05) is 20.8 Å². The van der Waals surface area contributed by atoms with Crippen molar-refractivity contribution in [1.82, 2.24) is 0 Å². The molecule has 0 aliphatic carbocycles. The second kappa shape index (κ2) is 17.6. The molecule has 0 aromatic heterocycles. The van der Waals surface area contributed by atoms with E-state index in [-0.39, 0.29) is 60.5 Å². The Morgan fingerprint density at radius 2 is 0.682 bits per heavy atom. The first-order chi connectivity index (χ1) is 9.38. The number of hydrogen-bond acceptors (Lipinski definition) is 6. The number of carbonyl (C=O) groups is 3. The van der Waals surface area contributed by atoms with E-state index in [1.165, 1.54) is 41.5 Å². The van der Waals surface area contributed by atoms with Crippen LogP contribution in [0, 0.1) is 0 Å². The molecule has 0 saturated heterocycles. The first-order valence-electron chi connectivity index (χ1n) is 5.96. The minimum atomic E-state index is -0.187. The maximum Gasteiger partial charge on any atom is 3.00 e. The first-order valence-corrected chi connectivity index (χ1v) is 5.96. The maximum absolute atomic E-state index is 9.98. The molecule has 0 aromatic rings. The molecule has 0 aromatic carbocycles. The van der Waals surface area contributed by atoms with Gasteiger partial charge in [0, 0.05) is 0 Å². The third-order valence-electron chi connectivity index (χ3n) is 1.22. The Balaban J connectivity index is -0.000000108. The van der Waals surface area contributed by atoms with Crippen molar-refractivity contribution in [2.45, 2.75) is 41.5 Å². The van der Waals surface area contributed by atoms with Gasteiger partial charge in [-0.2, -0.15) is 0 Å². The topological polar surface area (TPSA) is 120 Å². The Morgan fingerprint density at radius 1 is 0.545 bits per heavy atom. The zero-order chi connectivity index (χ0) is 17.6. The van der Waals surface area contributed by atoms with Gasteiger partial charge < -0.3 is 15.3 Å². The van der Waals surface area contributed by atoms with Crippen molar-refractivity contribution in [2.75, 3.05) is 0 Å². The molecule has 0 heterocycles. The van der Waals surface area contributed by atoms with Gasteiger partial charge in [0.25, 0.3) is 0 Å². The van der Waals surface area contributed by atoms with Crippen LogP contribution < -0.4 is 15.3 Å². The van der Waals surface area contributed by atoms with Crippen LogP contribution in [0.2, 0.25) is 0 Å². The summed E-state index contributed by atoms with van der Waals surface area (Å²) in [4.78, 5) is 29.9. The summed E-state index contributed by atoms with van der Waals surface area (Å²) in [6.45, 7) is 8.09. The van der Waals surface area contributed by atoms with E-state index in [9.17, 15) is 29.7 Å². The molecule has 0 aliphatic rings. The van der Waals surface area contributed by atoms with E-state index in [4.69, 9.17) is 0 Å². The molecule has 0 aliphatic heterocycles. The van der Waals surface area contributed by atoms with Crippen LogP contribution in [0.3, 0.4) is 0 Å². The molecule has 120 valence electrons. The molecule has 0 rings (SSSR count). The van der Waals surface area contributed by atoms with Crippen LogP contribution in [-0.2, 0) is 40.2 Å². The monoisotopic (exact) mass is 342 g/mol. The van der Waals surface area contributed by atoms with Crippen LogP contribution in [0.1, 0.15) is 41.5 Å². The van der Waals surface area contributed by atoms with Crippen molar-refractivity contribution in [3.63, 3.8) is 0 Å². The number of rotatable bonds is 3. The fourth-order valence-electron chi connectivity index (χ4n) is 0.859. The van der Waals surface area contributed by atoms with Gasteiger partial charge in [-0.3, -0.25) is 14.4 Å². The van der Waals surface area contributed by atoms with Gasteiger partial charge in [-0.05, 0) is 39.0 Å². The summed E-state index contributed by atoms with van der Waals surface area (Å²) in [5.41, 5.74) is 0. The summed E-state index contributed by atoms with van der Waals surface area (Å²) >= 11 is 0. The number of hydrogen-bond donors (Lipinski definition) is 0. The average molecular weight is 342 g/mol. The van der Waals surface area contributed by atoms with Crippen molar-refractivity contribution in [1.29, 1.82) is 0 Å². The van der Waals surface area contributed by atoms with Gasteiger partial charge in [-0.15, -0.1) is 17.3 Å². The fourth-order valence-corrected chi connectivity index (χ4v) is 0.859. The van der Waals surface area contributed by atoms with Gasteiger partial charge in [0.2, 0.25) is 0 Å². The molecule has 0 unspecified atom stereocenters. The minimum Gasteiger partial charge on any atom is -0.876 e. The smallest absolute Gasteiger partial charge is 0.876 e. The second-order valence-electron chi connectivity index (χ2n) is 4.10. The van der Waals surface area contributed by atoms with Crippen molar-refractivity contribution >= 4 is 17.3 Å². The van der Waals surface area contributed by atoms with E-state index >= 15 is 0 Å². The molecule has 0 bridgehead atoms. The Kier molecular flexibility index (Phi) is 22.8. The number of carbonyl (C=O) groups excluding carboxylic acids is 3. The molecule has 6 nitrogen and oxygen atoms in total. The zero-order valence-corrected chi connectivity index (χ0v) is 15.6. The number of ketones is 3. The summed E-state index contributed by atoms with van der Waals surface area (Å²) in [7, 11) is 0. The Morgan fingerprint density at radius 3 is 0.682 bits per heavy atom. The SMILES string of the molecule is CC(=O)/C=C(/C)[O-].CC(=O)/C=C(/C)[O-].CC(=O)/C=C(/C)[O-].[Sc+3]. The van der Waals surface area contributed by atoms with Gasteiger partial charge >= 0.3 is 25.8 Å². The van der Waals surface area contributed by atoms with E-state index in [1.54, 1.807) is 0 Å². The Bertz CT molecular complexity index is 368. The van der Waals surface area contributed by atoms with E-state index in [0.29, 0.717) is 0 Å². The van der Waals surface area contributed by atoms with Gasteiger partial charge in [0.05, 0.1) is 0 Å². The minimum absolute atomic E-state index is 0. The average Bonchev–Trinajstić information content (AvgIpc) is 2.10. The van der Waals surface area contributed by atoms with E-state index < -0.39 is 0 Å². The normalized spacial score (nSPS) is 10.9. The molecule has 0 fully saturated rings. The van der Waals surface area contributed by atoms with Crippen molar-refractivity contribution < 1.29 is 55.5 Å². The third-order valence-corrected chi connectivity index (χ3v) is 1.22. The number of allylic oxidation sites excluding steroid dienone is 6. The van der Waals surface area contributed by atoms with Crippen LogP contribution in [-0.4, -0.2) is 17.3 Å². The van der Waals surface area contributed by atoms with E-state index in [2.05, 4.69) is 0 Å². The molecule has 0 spiro atoms. The molecule has 22 heavy (non-hydrogen) atoms. The van der Waals surface area contributed by atoms with Crippen LogP contribution in [0.25, 0.3) is 0 Å². The van der Waals surface area contributed by atoms with Crippen LogP contribution in [0.15, 0.2) is 35.5 Å².